The molecule has 0 aliphatic rings. The van der Waals surface area contributed by atoms with Gasteiger partial charge in [-0.1, -0.05) is 25.5 Å². The van der Waals surface area contributed by atoms with Crippen LogP contribution in [0.4, 0.5) is 13.2 Å². The van der Waals surface area contributed by atoms with E-state index in [1.54, 1.807) is 6.07 Å². The minimum absolute atomic E-state index is 0.00882. The summed E-state index contributed by atoms with van der Waals surface area (Å²) in [4.78, 5) is 10.8. The van der Waals surface area contributed by atoms with E-state index in [1.807, 2.05) is 6.92 Å². The first-order valence-electron chi connectivity index (χ1n) is 7.82. The van der Waals surface area contributed by atoms with Crippen molar-refractivity contribution in [3.05, 3.63) is 47.2 Å². The maximum atomic E-state index is 12.6. The zero-order valence-electron chi connectivity index (χ0n) is 13.3. The van der Waals surface area contributed by atoms with Crippen LogP contribution in [0.25, 0.3) is 11.3 Å². The number of halogens is 3. The van der Waals surface area contributed by atoms with Gasteiger partial charge in [-0.15, -0.1) is 0 Å². The maximum absolute atomic E-state index is 12.6. The molecule has 0 aliphatic heterocycles. The summed E-state index contributed by atoms with van der Waals surface area (Å²) in [5.41, 5.74) is 0.637. The first-order valence-corrected chi connectivity index (χ1v) is 7.82. The van der Waals surface area contributed by atoms with Crippen molar-refractivity contribution < 1.29 is 27.5 Å². The van der Waals surface area contributed by atoms with Crippen molar-refractivity contribution in [3.8, 4) is 11.3 Å². The lowest BCUT2D eigenvalue weighted by Crippen LogP contribution is -2.03. The van der Waals surface area contributed by atoms with E-state index in [-0.39, 0.29) is 6.42 Å². The van der Waals surface area contributed by atoms with E-state index < -0.39 is 17.7 Å². The topological polar surface area (TPSA) is 50.4 Å². The third kappa shape index (κ3) is 4.63. The smallest absolute Gasteiger partial charge is 0.416 e. The average molecular weight is 340 g/mol. The highest BCUT2D eigenvalue weighted by molar-refractivity contribution is 5.67. The van der Waals surface area contributed by atoms with Crippen LogP contribution in [0.2, 0.25) is 0 Å². The fourth-order valence-corrected chi connectivity index (χ4v) is 2.43. The summed E-state index contributed by atoms with van der Waals surface area (Å²) in [6, 6.07) is 6.50. The number of hydrogen-bond acceptors (Lipinski definition) is 2. The molecule has 1 aromatic heterocycles. The van der Waals surface area contributed by atoms with Crippen LogP contribution in [0.5, 0.6) is 0 Å². The molecule has 0 radical (unpaired) electrons. The second kappa shape index (κ2) is 7.55. The molecule has 0 spiro atoms. The number of carbonyl (C=O) groups is 1. The number of hydrogen-bond donors (Lipinski definition) is 1. The Morgan fingerprint density at radius 3 is 2.38 bits per heavy atom. The van der Waals surface area contributed by atoms with Gasteiger partial charge in [0.1, 0.15) is 11.5 Å². The molecular weight excluding hydrogens is 321 g/mol. The molecule has 6 heteroatoms. The fraction of sp³-hybridized carbons (Fsp3) is 0.389. The monoisotopic (exact) mass is 340 g/mol. The fourth-order valence-electron chi connectivity index (χ4n) is 2.43. The van der Waals surface area contributed by atoms with Crippen LogP contribution >= 0.6 is 0 Å². The number of carboxylic acids is 1. The molecule has 0 saturated carbocycles. The summed E-state index contributed by atoms with van der Waals surface area (Å²) in [6.07, 6.45) is -1.48. The SMILES string of the molecule is CCCCc1oc(-c2ccc(C(F)(F)F)cc2)cc1CCC(=O)O. The molecular formula is C18H19F3O3. The Morgan fingerprint density at radius 1 is 1.17 bits per heavy atom. The number of carboxylic acid groups (broad SMARTS) is 1. The summed E-state index contributed by atoms with van der Waals surface area (Å²) < 4.78 is 43.7. The van der Waals surface area contributed by atoms with E-state index in [0.717, 1.165) is 30.5 Å². The van der Waals surface area contributed by atoms with Crippen LogP contribution in [-0.4, -0.2) is 11.1 Å². The second-order valence-corrected chi connectivity index (χ2v) is 5.63. The van der Waals surface area contributed by atoms with Gasteiger partial charge in [-0.25, -0.2) is 0 Å². The Morgan fingerprint density at radius 2 is 1.83 bits per heavy atom. The normalized spacial score (nSPS) is 11.7. The lowest BCUT2D eigenvalue weighted by atomic mass is 10.0. The Balaban J connectivity index is 2.27. The molecule has 0 saturated heterocycles. The molecule has 24 heavy (non-hydrogen) atoms. The molecule has 1 heterocycles. The molecule has 2 rings (SSSR count). The van der Waals surface area contributed by atoms with Gasteiger partial charge in [0.15, 0.2) is 0 Å². The first-order chi connectivity index (χ1) is 11.3. The average Bonchev–Trinajstić information content (AvgIpc) is 2.93. The summed E-state index contributed by atoms with van der Waals surface area (Å²) in [7, 11) is 0. The summed E-state index contributed by atoms with van der Waals surface area (Å²) >= 11 is 0. The lowest BCUT2D eigenvalue weighted by Gasteiger charge is -2.06. The molecule has 0 unspecified atom stereocenters. The molecule has 0 aliphatic carbocycles. The Bertz CT molecular complexity index is 685. The second-order valence-electron chi connectivity index (χ2n) is 5.63. The molecule has 3 nitrogen and oxygen atoms in total. The van der Waals surface area contributed by atoms with Gasteiger partial charge in [-0.3, -0.25) is 4.79 Å². The van der Waals surface area contributed by atoms with E-state index in [4.69, 9.17) is 9.52 Å². The van der Waals surface area contributed by atoms with Crippen molar-refractivity contribution in [2.24, 2.45) is 0 Å². The Hall–Kier alpha value is -2.24. The molecule has 130 valence electrons. The number of alkyl halides is 3. The van der Waals surface area contributed by atoms with Crippen molar-refractivity contribution in [2.75, 3.05) is 0 Å². The number of aliphatic carboxylic acids is 1. The number of furan rings is 1. The third-order valence-electron chi connectivity index (χ3n) is 3.76. The largest absolute Gasteiger partial charge is 0.481 e. The molecule has 0 bridgehead atoms. The van der Waals surface area contributed by atoms with Gasteiger partial charge >= 0.3 is 12.1 Å². The van der Waals surface area contributed by atoms with Crippen LogP contribution in [0.3, 0.4) is 0 Å². The predicted octanol–water partition coefficient (Wildman–Crippen LogP) is 5.33. The Labute approximate surface area is 138 Å². The van der Waals surface area contributed by atoms with E-state index in [2.05, 4.69) is 0 Å². The number of unbranched alkanes of at least 4 members (excludes halogenated alkanes) is 1. The first kappa shape index (κ1) is 18.1. The molecule has 1 aromatic carbocycles. The summed E-state index contributed by atoms with van der Waals surface area (Å²) in [5, 5.41) is 8.84. The molecule has 0 fully saturated rings. The maximum Gasteiger partial charge on any atom is 0.416 e. The van der Waals surface area contributed by atoms with Crippen molar-refractivity contribution in [3.63, 3.8) is 0 Å². The van der Waals surface area contributed by atoms with E-state index >= 15 is 0 Å². The van der Waals surface area contributed by atoms with Gasteiger partial charge in [-0.2, -0.15) is 13.2 Å². The minimum atomic E-state index is -4.37. The van der Waals surface area contributed by atoms with Crippen LogP contribution in [0, 0.1) is 0 Å². The third-order valence-corrected chi connectivity index (χ3v) is 3.76. The number of rotatable bonds is 7. The van der Waals surface area contributed by atoms with Gasteiger partial charge in [0, 0.05) is 18.4 Å². The van der Waals surface area contributed by atoms with Crippen LogP contribution < -0.4 is 0 Å². The van der Waals surface area contributed by atoms with E-state index in [1.165, 1.54) is 12.1 Å². The van der Waals surface area contributed by atoms with Crippen LogP contribution in [-0.2, 0) is 23.8 Å². The minimum Gasteiger partial charge on any atom is -0.481 e. The highest BCUT2D eigenvalue weighted by Crippen LogP contribution is 2.32. The number of benzene rings is 1. The van der Waals surface area contributed by atoms with Crippen LogP contribution in [0.15, 0.2) is 34.7 Å². The Kier molecular flexibility index (Phi) is 5.70. The predicted molar refractivity (Wildman–Crippen MR) is 83.7 cm³/mol. The van der Waals surface area contributed by atoms with Crippen molar-refractivity contribution in [1.82, 2.24) is 0 Å². The molecule has 1 N–H and O–H groups in total. The highest BCUT2D eigenvalue weighted by atomic mass is 19.4. The molecule has 0 amide bonds. The van der Waals surface area contributed by atoms with Crippen LogP contribution in [0.1, 0.15) is 43.1 Å². The zero-order chi connectivity index (χ0) is 17.7. The van der Waals surface area contributed by atoms with Gasteiger partial charge in [0.25, 0.3) is 0 Å². The van der Waals surface area contributed by atoms with Gasteiger partial charge in [-0.05, 0) is 36.6 Å². The quantitative estimate of drug-likeness (QED) is 0.741. The summed E-state index contributed by atoms with van der Waals surface area (Å²) in [5.74, 6) is 0.289. The molecule has 2 aromatic rings. The zero-order valence-corrected chi connectivity index (χ0v) is 13.3. The summed E-state index contributed by atoms with van der Waals surface area (Å²) in [6.45, 7) is 2.04. The number of aryl methyl sites for hydroxylation is 2. The van der Waals surface area contributed by atoms with Crippen molar-refractivity contribution in [1.29, 1.82) is 0 Å². The standard InChI is InChI=1S/C18H19F3O3/c1-2-3-4-15-13(7-10-17(22)23)11-16(24-15)12-5-8-14(9-6-12)18(19,20)21/h5-6,8-9,11H,2-4,7,10H2,1H3,(H,22,23). The molecule has 0 atom stereocenters. The van der Waals surface area contributed by atoms with Crippen molar-refractivity contribution in [2.45, 2.75) is 45.2 Å². The van der Waals surface area contributed by atoms with Gasteiger partial charge in [0.05, 0.1) is 5.56 Å². The van der Waals surface area contributed by atoms with Gasteiger partial charge < -0.3 is 9.52 Å². The van der Waals surface area contributed by atoms with Crippen molar-refractivity contribution >= 4 is 5.97 Å². The van der Waals surface area contributed by atoms with E-state index in [0.29, 0.717) is 29.9 Å². The van der Waals surface area contributed by atoms with Gasteiger partial charge in [0.2, 0.25) is 0 Å². The van der Waals surface area contributed by atoms with E-state index in [9.17, 15) is 18.0 Å². The highest BCUT2D eigenvalue weighted by Gasteiger charge is 2.30. The lowest BCUT2D eigenvalue weighted by molar-refractivity contribution is -0.138.